The third-order valence-electron chi connectivity index (χ3n) is 3.37. The number of pyridine rings is 1. The number of aryl methyl sites for hydroxylation is 1. The highest BCUT2D eigenvalue weighted by molar-refractivity contribution is 5.43. The number of nitrogens with zero attached hydrogens (tertiary/aromatic N) is 1. The average Bonchev–Trinajstić information content (AvgIpc) is 2.53. The van der Waals surface area contributed by atoms with Crippen molar-refractivity contribution in [2.75, 3.05) is 7.11 Å². The van der Waals surface area contributed by atoms with Gasteiger partial charge in [0.05, 0.1) is 19.3 Å². The first-order valence-corrected chi connectivity index (χ1v) is 7.51. The molecule has 4 nitrogen and oxygen atoms in total. The van der Waals surface area contributed by atoms with Crippen molar-refractivity contribution < 1.29 is 14.6 Å². The van der Waals surface area contributed by atoms with Crippen molar-refractivity contribution >= 4 is 0 Å². The molecule has 1 aromatic heterocycles. The zero-order chi connectivity index (χ0) is 15.9. The highest BCUT2D eigenvalue weighted by Crippen LogP contribution is 2.30. The van der Waals surface area contributed by atoms with Gasteiger partial charge in [0.15, 0.2) is 11.5 Å². The van der Waals surface area contributed by atoms with E-state index in [1.54, 1.807) is 19.5 Å². The lowest BCUT2D eigenvalue weighted by Crippen LogP contribution is -2.07. The summed E-state index contributed by atoms with van der Waals surface area (Å²) in [6, 6.07) is 9.61. The summed E-state index contributed by atoms with van der Waals surface area (Å²) in [5.74, 6) is 1.47. The highest BCUT2D eigenvalue weighted by atomic mass is 16.5. The Hall–Kier alpha value is -2.07. The maximum atomic E-state index is 10.2. The summed E-state index contributed by atoms with van der Waals surface area (Å²) in [6.07, 6.45) is 4.38. The molecule has 2 aromatic rings. The molecular weight excluding hydrogens is 278 g/mol. The normalized spacial score (nSPS) is 12.2. The third kappa shape index (κ3) is 4.46. The van der Waals surface area contributed by atoms with Crippen molar-refractivity contribution in [3.63, 3.8) is 0 Å². The van der Waals surface area contributed by atoms with Gasteiger partial charge in [-0.2, -0.15) is 0 Å². The summed E-state index contributed by atoms with van der Waals surface area (Å²) in [5.41, 5.74) is 1.95. The van der Waals surface area contributed by atoms with Crippen LogP contribution >= 0.6 is 0 Å². The molecule has 0 aliphatic heterocycles. The smallest absolute Gasteiger partial charge is 0.161 e. The molecule has 0 radical (unpaired) electrons. The Morgan fingerprint density at radius 3 is 2.64 bits per heavy atom. The number of ether oxygens (including phenoxy) is 2. The average molecular weight is 301 g/mol. The Morgan fingerprint density at radius 1 is 1.18 bits per heavy atom. The number of hydrogen-bond acceptors (Lipinski definition) is 4. The fraction of sp³-hybridized carbons (Fsp3) is 0.389. The van der Waals surface area contributed by atoms with Crippen molar-refractivity contribution in [2.24, 2.45) is 0 Å². The molecule has 4 heteroatoms. The summed E-state index contributed by atoms with van der Waals surface area (Å²) < 4.78 is 11.1. The molecule has 1 heterocycles. The molecule has 2 rings (SSSR count). The van der Waals surface area contributed by atoms with E-state index < -0.39 is 6.10 Å². The van der Waals surface area contributed by atoms with E-state index in [1.165, 1.54) is 0 Å². The van der Waals surface area contributed by atoms with Gasteiger partial charge in [0.25, 0.3) is 0 Å². The van der Waals surface area contributed by atoms with Gasteiger partial charge in [-0.15, -0.1) is 0 Å². The maximum absolute atomic E-state index is 10.2. The number of aliphatic hydroxyl groups is 1. The van der Waals surface area contributed by atoms with Gasteiger partial charge < -0.3 is 14.6 Å². The number of aromatic nitrogens is 1. The van der Waals surface area contributed by atoms with Gasteiger partial charge in [0.2, 0.25) is 0 Å². The van der Waals surface area contributed by atoms with Crippen LogP contribution in [0.2, 0.25) is 0 Å². The molecular formula is C18H23NO3. The molecule has 0 amide bonds. The molecule has 22 heavy (non-hydrogen) atoms. The van der Waals surface area contributed by atoms with E-state index in [1.807, 2.05) is 44.2 Å². The lowest BCUT2D eigenvalue weighted by Gasteiger charge is -2.15. The first-order valence-electron chi connectivity index (χ1n) is 7.51. The van der Waals surface area contributed by atoms with Gasteiger partial charge in [-0.3, -0.25) is 4.98 Å². The Kier molecular flexibility index (Phi) is 5.78. The second-order valence-electron chi connectivity index (χ2n) is 5.49. The van der Waals surface area contributed by atoms with Gasteiger partial charge in [0, 0.05) is 12.4 Å². The number of rotatable bonds is 7. The lowest BCUT2D eigenvalue weighted by atomic mass is 10.0. The second kappa shape index (κ2) is 7.80. The number of methoxy groups -OCH3 is 1. The Labute approximate surface area is 131 Å². The Balaban J connectivity index is 2.03. The zero-order valence-corrected chi connectivity index (χ0v) is 13.3. The SMILES string of the molecule is COc1ccc(CCC(O)c2cccnc2)cc1OC(C)C. The minimum atomic E-state index is -0.509. The molecule has 0 saturated carbocycles. The van der Waals surface area contributed by atoms with Crippen LogP contribution in [0.25, 0.3) is 0 Å². The van der Waals surface area contributed by atoms with Crippen molar-refractivity contribution in [1.29, 1.82) is 0 Å². The first kappa shape index (κ1) is 16.3. The minimum absolute atomic E-state index is 0.0881. The van der Waals surface area contributed by atoms with Crippen molar-refractivity contribution in [3.8, 4) is 11.5 Å². The molecule has 1 N–H and O–H groups in total. The van der Waals surface area contributed by atoms with Crippen molar-refractivity contribution in [3.05, 3.63) is 53.9 Å². The van der Waals surface area contributed by atoms with Crippen LogP contribution in [-0.4, -0.2) is 23.3 Å². The minimum Gasteiger partial charge on any atom is -0.493 e. The molecule has 0 bridgehead atoms. The number of benzene rings is 1. The third-order valence-corrected chi connectivity index (χ3v) is 3.37. The van der Waals surface area contributed by atoms with Gasteiger partial charge >= 0.3 is 0 Å². The van der Waals surface area contributed by atoms with Gasteiger partial charge in [-0.1, -0.05) is 12.1 Å². The van der Waals surface area contributed by atoms with E-state index >= 15 is 0 Å². The topological polar surface area (TPSA) is 51.6 Å². The Morgan fingerprint density at radius 2 is 2.00 bits per heavy atom. The molecule has 0 aliphatic rings. The van der Waals surface area contributed by atoms with Crippen LogP contribution in [0.5, 0.6) is 11.5 Å². The van der Waals surface area contributed by atoms with E-state index in [9.17, 15) is 5.11 Å². The van der Waals surface area contributed by atoms with Crippen LogP contribution in [0.15, 0.2) is 42.7 Å². The van der Waals surface area contributed by atoms with Crippen LogP contribution < -0.4 is 9.47 Å². The largest absolute Gasteiger partial charge is 0.493 e. The van der Waals surface area contributed by atoms with Crippen LogP contribution in [0.1, 0.15) is 37.5 Å². The maximum Gasteiger partial charge on any atom is 0.161 e. The molecule has 0 saturated heterocycles. The molecule has 0 fully saturated rings. The quantitative estimate of drug-likeness (QED) is 0.850. The van der Waals surface area contributed by atoms with E-state index in [-0.39, 0.29) is 6.10 Å². The standard InChI is InChI=1S/C18H23NO3/c1-13(2)22-18-11-14(7-9-17(18)21-3)6-8-16(20)15-5-4-10-19-12-15/h4-5,7,9-13,16,20H,6,8H2,1-3H3. The zero-order valence-electron chi connectivity index (χ0n) is 13.3. The van der Waals surface area contributed by atoms with E-state index in [0.29, 0.717) is 6.42 Å². The van der Waals surface area contributed by atoms with Crippen LogP contribution in [0, 0.1) is 0 Å². The summed E-state index contributed by atoms with van der Waals surface area (Å²) in [7, 11) is 1.63. The van der Waals surface area contributed by atoms with E-state index in [4.69, 9.17) is 9.47 Å². The molecule has 1 atom stereocenters. The summed E-state index contributed by atoms with van der Waals surface area (Å²) in [4.78, 5) is 4.03. The van der Waals surface area contributed by atoms with Gasteiger partial charge in [0.1, 0.15) is 0 Å². The van der Waals surface area contributed by atoms with Gasteiger partial charge in [-0.05, 0) is 56.0 Å². The fourth-order valence-corrected chi connectivity index (χ4v) is 2.27. The lowest BCUT2D eigenvalue weighted by molar-refractivity contribution is 0.167. The van der Waals surface area contributed by atoms with Crippen LogP contribution in [-0.2, 0) is 6.42 Å². The summed E-state index contributed by atoms with van der Waals surface area (Å²) in [6.45, 7) is 3.97. The monoisotopic (exact) mass is 301 g/mol. The Bertz CT molecular complexity index is 584. The summed E-state index contributed by atoms with van der Waals surface area (Å²) in [5, 5.41) is 10.2. The summed E-state index contributed by atoms with van der Waals surface area (Å²) >= 11 is 0. The molecule has 0 aliphatic carbocycles. The highest BCUT2D eigenvalue weighted by Gasteiger charge is 2.11. The molecule has 1 unspecified atom stereocenters. The second-order valence-corrected chi connectivity index (χ2v) is 5.49. The van der Waals surface area contributed by atoms with E-state index in [2.05, 4.69) is 4.98 Å². The fourth-order valence-electron chi connectivity index (χ4n) is 2.27. The molecule has 0 spiro atoms. The van der Waals surface area contributed by atoms with E-state index in [0.717, 1.165) is 29.0 Å². The van der Waals surface area contributed by atoms with Crippen molar-refractivity contribution in [1.82, 2.24) is 4.98 Å². The van der Waals surface area contributed by atoms with Crippen LogP contribution in [0.3, 0.4) is 0 Å². The number of hydrogen-bond donors (Lipinski definition) is 1. The predicted octanol–water partition coefficient (Wildman–Crippen LogP) is 3.54. The van der Waals surface area contributed by atoms with Gasteiger partial charge in [-0.25, -0.2) is 0 Å². The number of aliphatic hydroxyl groups excluding tert-OH is 1. The van der Waals surface area contributed by atoms with Crippen molar-refractivity contribution in [2.45, 2.75) is 38.9 Å². The molecule has 118 valence electrons. The predicted molar refractivity (Wildman–Crippen MR) is 86.3 cm³/mol. The van der Waals surface area contributed by atoms with Crippen LogP contribution in [0.4, 0.5) is 0 Å². The molecule has 1 aromatic carbocycles. The first-order chi connectivity index (χ1) is 10.6.